The van der Waals surface area contributed by atoms with Crippen LogP contribution in [0.25, 0.3) is 21.6 Å². The number of β-amino-alcohol motifs (C(OH)–C–C–N with tert-alkyl or cyclic N) is 1. The van der Waals surface area contributed by atoms with Gasteiger partial charge in [-0.25, -0.2) is 14.4 Å². The zero-order chi connectivity index (χ0) is 50.3. The number of aliphatic hydroxyl groups is 1. The molecule has 2 saturated heterocycles. The summed E-state index contributed by atoms with van der Waals surface area (Å²) >= 11 is 14.1. The number of ether oxygens (including phenoxy) is 1. The normalized spacial score (nSPS) is 17.3. The molecule has 3 aromatic heterocycles. The van der Waals surface area contributed by atoms with Gasteiger partial charge in [0.1, 0.15) is 24.0 Å². The number of nitrogens with one attached hydrogen (secondary N) is 2. The van der Waals surface area contributed by atoms with Crippen LogP contribution in [0.2, 0.25) is 10.0 Å². The number of piperidine rings is 1. The van der Waals surface area contributed by atoms with Crippen LogP contribution in [0.3, 0.4) is 0 Å². The van der Waals surface area contributed by atoms with Crippen LogP contribution in [-0.4, -0.2) is 96.1 Å². The van der Waals surface area contributed by atoms with Crippen molar-refractivity contribution in [2.45, 2.75) is 129 Å². The van der Waals surface area contributed by atoms with Crippen molar-refractivity contribution >= 4 is 64.0 Å². The summed E-state index contributed by atoms with van der Waals surface area (Å²) < 4.78 is 22.2. The Morgan fingerprint density at radius 3 is 2.37 bits per heavy atom. The van der Waals surface area contributed by atoms with E-state index >= 15 is 0 Å². The molecule has 0 radical (unpaired) electrons. The minimum Gasteiger partial charge on any atom is -0.482 e. The summed E-state index contributed by atoms with van der Waals surface area (Å²) in [6, 6.07) is 10.6. The number of aryl methyl sites for hydroxylation is 1. The molecule has 0 saturated carbocycles. The predicted molar refractivity (Wildman–Crippen MR) is 270 cm³/mol. The third-order valence-corrected chi connectivity index (χ3v) is 14.7. The van der Waals surface area contributed by atoms with Gasteiger partial charge in [0.25, 0.3) is 0 Å². The Labute approximate surface area is 422 Å². The number of nitrogens with zero attached hydrogens (tertiary/aromatic N) is 6. The maximum atomic E-state index is 14.2. The number of nitrogens with two attached hydrogens (primary N) is 1. The number of aromatic nitrogens is 4. The van der Waals surface area contributed by atoms with Crippen LogP contribution in [0, 0.1) is 18.2 Å². The molecule has 4 atom stereocenters. The predicted octanol–water partition coefficient (Wildman–Crippen LogP) is 8.86. The number of benzene rings is 2. The van der Waals surface area contributed by atoms with Gasteiger partial charge in [-0.2, -0.15) is 5.10 Å². The van der Waals surface area contributed by atoms with E-state index < -0.39 is 41.4 Å². The molecular formula is C51H62Cl2FN9O6S. The fraction of sp³-hybridized carbons (Fsp3) is 0.471. The number of nitrogen functional groups attached to an aromatic ring is 1. The van der Waals surface area contributed by atoms with Crippen LogP contribution in [0.1, 0.15) is 114 Å². The van der Waals surface area contributed by atoms with E-state index in [0.717, 1.165) is 58.5 Å². The van der Waals surface area contributed by atoms with Crippen LogP contribution in [0.5, 0.6) is 5.75 Å². The maximum absolute atomic E-state index is 14.2. The highest BCUT2D eigenvalue weighted by Gasteiger charge is 2.44. The monoisotopic (exact) mass is 1020 g/mol. The standard InChI is InChI=1S/C51H62Cl2FN9O6S/c1-30-46(70-29-58-30)33-14-12-32(13-15-33)24-57-49(67)40-23-37(64)28-62(40)50(68)47(51(3,4)5)60-42(65)10-8-6-7-9-11-43(66)61-20-18-36(19-21-61)63-27-35(26-59-63)34-22-41(48(55)56-25-34)69-31(2)44-38(52)16-17-39(54)45(44)53/h12-17,22,25-27,29,31,36-37,40,47,64H,6-11,18-21,23-24,28H2,1-5H3,(H2,55,56)(H,57,67)(H,60,65)/t31-,37-,40+,47-/m1/s1. The molecule has 5 heterocycles. The van der Waals surface area contributed by atoms with Crippen molar-refractivity contribution in [3.05, 3.63) is 99.2 Å². The number of anilines is 1. The summed E-state index contributed by atoms with van der Waals surface area (Å²) in [4.78, 5) is 67.0. The summed E-state index contributed by atoms with van der Waals surface area (Å²) in [5.74, 6) is -1.07. The Balaban J connectivity index is 0.811. The average Bonchev–Trinajstić information content (AvgIpc) is 4.10. The smallest absolute Gasteiger partial charge is 0.246 e. The maximum Gasteiger partial charge on any atom is 0.246 e. The van der Waals surface area contributed by atoms with E-state index in [1.54, 1.807) is 36.7 Å². The highest BCUT2D eigenvalue weighted by atomic mass is 35.5. The van der Waals surface area contributed by atoms with E-state index in [1.165, 1.54) is 17.0 Å². The number of hydrogen-bond acceptors (Lipinski definition) is 11. The highest BCUT2D eigenvalue weighted by molar-refractivity contribution is 7.13. The SMILES string of the molecule is Cc1ncsc1-c1ccc(CNC(=O)[C@@H]2C[C@@H](O)CN2C(=O)[C@@H](NC(=O)CCCCCCC(=O)N2CCC(n3cc(-c4cnc(N)c(O[C@H](C)c5c(Cl)ccc(F)c5Cl)c4)cn3)CC2)C(C)(C)C)cc1. The number of thiazole rings is 1. The second-order valence-corrected chi connectivity index (χ2v) is 20.9. The first-order chi connectivity index (χ1) is 33.4. The molecule has 19 heteroatoms. The molecule has 0 bridgehead atoms. The van der Waals surface area contributed by atoms with Gasteiger partial charge in [-0.1, -0.05) is 81.1 Å². The number of carbonyl (C=O) groups excluding carboxylic acids is 4. The topological polar surface area (TPSA) is 198 Å². The Bertz CT molecular complexity index is 2650. The van der Waals surface area contributed by atoms with E-state index in [4.69, 9.17) is 33.7 Å². The van der Waals surface area contributed by atoms with Gasteiger partial charge in [0.15, 0.2) is 11.6 Å². The van der Waals surface area contributed by atoms with Gasteiger partial charge in [-0.15, -0.1) is 11.3 Å². The molecular weight excluding hydrogens is 957 g/mol. The first-order valence-corrected chi connectivity index (χ1v) is 25.4. The number of aliphatic hydroxyl groups excluding tert-OH is 1. The lowest BCUT2D eigenvalue weighted by Crippen LogP contribution is -2.57. The summed E-state index contributed by atoms with van der Waals surface area (Å²) in [6.45, 7) is 10.8. The summed E-state index contributed by atoms with van der Waals surface area (Å²) in [7, 11) is 0. The Hall–Kier alpha value is -5.62. The number of rotatable bonds is 18. The Morgan fingerprint density at radius 1 is 0.971 bits per heavy atom. The second-order valence-electron chi connectivity index (χ2n) is 19.3. The molecule has 2 aromatic carbocycles. The third-order valence-electron chi connectivity index (χ3n) is 13.1. The van der Waals surface area contributed by atoms with E-state index in [2.05, 4.69) is 25.7 Å². The number of hydrogen-bond donors (Lipinski definition) is 4. The number of likely N-dealkylation sites (tertiary alicyclic amines) is 2. The first-order valence-electron chi connectivity index (χ1n) is 23.8. The average molecular weight is 1020 g/mol. The van der Waals surface area contributed by atoms with Gasteiger partial charge >= 0.3 is 0 Å². The zero-order valence-electron chi connectivity index (χ0n) is 40.2. The number of amides is 4. The molecule has 0 unspecified atom stereocenters. The van der Waals surface area contributed by atoms with E-state index in [1.807, 2.05) is 73.2 Å². The van der Waals surface area contributed by atoms with E-state index in [-0.39, 0.29) is 65.6 Å². The molecule has 5 N–H and O–H groups in total. The lowest BCUT2D eigenvalue weighted by Gasteiger charge is -2.35. The summed E-state index contributed by atoms with van der Waals surface area (Å²) in [5.41, 5.74) is 12.0. The number of pyridine rings is 1. The van der Waals surface area contributed by atoms with Crippen molar-refractivity contribution in [2.75, 3.05) is 25.4 Å². The third kappa shape index (κ3) is 12.8. The number of halogens is 3. The molecule has 0 aliphatic carbocycles. The van der Waals surface area contributed by atoms with E-state index in [0.29, 0.717) is 43.7 Å². The molecule has 5 aromatic rings. The van der Waals surface area contributed by atoms with Crippen LogP contribution in [0.15, 0.2) is 66.6 Å². The molecule has 2 aliphatic heterocycles. The van der Waals surface area contributed by atoms with Gasteiger partial charge in [-0.3, -0.25) is 23.9 Å². The van der Waals surface area contributed by atoms with Gasteiger partial charge in [-0.05, 0) is 74.3 Å². The Kier molecular flexibility index (Phi) is 17.2. The van der Waals surface area contributed by atoms with Crippen molar-refractivity contribution in [2.24, 2.45) is 5.41 Å². The van der Waals surface area contributed by atoms with Crippen molar-refractivity contribution in [1.29, 1.82) is 0 Å². The lowest BCUT2D eigenvalue weighted by molar-refractivity contribution is -0.144. The minimum atomic E-state index is -0.902. The van der Waals surface area contributed by atoms with Gasteiger partial charge in [0.2, 0.25) is 23.6 Å². The largest absolute Gasteiger partial charge is 0.482 e. The van der Waals surface area contributed by atoms with Crippen molar-refractivity contribution in [1.82, 2.24) is 40.2 Å². The fourth-order valence-corrected chi connectivity index (χ4v) is 10.5. The number of unbranched alkanes of at least 4 members (excludes halogenated alkanes) is 3. The molecule has 0 spiro atoms. The molecule has 70 heavy (non-hydrogen) atoms. The fourth-order valence-electron chi connectivity index (χ4n) is 9.03. The van der Waals surface area contributed by atoms with Crippen LogP contribution in [0.4, 0.5) is 10.2 Å². The van der Waals surface area contributed by atoms with E-state index in [9.17, 15) is 28.7 Å². The minimum absolute atomic E-state index is 0.00155. The van der Waals surface area contributed by atoms with Gasteiger partial charge in [0.05, 0.1) is 39.4 Å². The van der Waals surface area contributed by atoms with Crippen LogP contribution < -0.4 is 21.1 Å². The molecule has 2 aliphatic rings. The van der Waals surface area contributed by atoms with Crippen LogP contribution in [-0.2, 0) is 25.7 Å². The van der Waals surface area contributed by atoms with Crippen molar-refractivity contribution in [3.8, 4) is 27.3 Å². The van der Waals surface area contributed by atoms with Gasteiger partial charge < -0.3 is 36.0 Å². The molecule has 2 fully saturated rings. The zero-order valence-corrected chi connectivity index (χ0v) is 42.5. The first kappa shape index (κ1) is 52.2. The molecule has 15 nitrogen and oxygen atoms in total. The van der Waals surface area contributed by atoms with Crippen molar-refractivity contribution in [3.63, 3.8) is 0 Å². The number of carbonyl (C=O) groups is 4. The lowest BCUT2D eigenvalue weighted by atomic mass is 9.85. The molecule has 7 rings (SSSR count). The summed E-state index contributed by atoms with van der Waals surface area (Å²) in [5, 5.41) is 21.3. The molecule has 374 valence electrons. The quantitative estimate of drug-likeness (QED) is 0.0486. The summed E-state index contributed by atoms with van der Waals surface area (Å²) in [6.07, 6.45) is 8.81. The Morgan fingerprint density at radius 2 is 1.69 bits per heavy atom. The second kappa shape index (κ2) is 23.1. The van der Waals surface area contributed by atoms with Gasteiger partial charge in [0, 0.05) is 79.5 Å². The van der Waals surface area contributed by atoms with Crippen molar-refractivity contribution < 1.29 is 33.4 Å². The highest BCUT2D eigenvalue weighted by Crippen LogP contribution is 2.38. The van der Waals surface area contributed by atoms with Crippen LogP contribution >= 0.6 is 34.5 Å². The molecule has 4 amide bonds.